The summed E-state index contributed by atoms with van der Waals surface area (Å²) >= 11 is 0. The van der Waals surface area contributed by atoms with Crippen LogP contribution < -0.4 is 15.0 Å². The summed E-state index contributed by atoms with van der Waals surface area (Å²) in [4.78, 5) is 40.1. The van der Waals surface area contributed by atoms with E-state index in [1.54, 1.807) is 37.3 Å². The first-order valence-corrected chi connectivity index (χ1v) is 10.5. The summed E-state index contributed by atoms with van der Waals surface area (Å²) in [5.41, 5.74) is 1.37. The fourth-order valence-corrected chi connectivity index (χ4v) is 4.31. The monoisotopic (exact) mass is 422 g/mol. The van der Waals surface area contributed by atoms with Crippen LogP contribution in [0.5, 0.6) is 5.75 Å². The molecule has 0 radical (unpaired) electrons. The molecule has 1 aliphatic heterocycles. The Morgan fingerprint density at radius 1 is 1.10 bits per heavy atom. The van der Waals surface area contributed by atoms with E-state index in [9.17, 15) is 14.4 Å². The van der Waals surface area contributed by atoms with Gasteiger partial charge in [-0.1, -0.05) is 42.7 Å². The van der Waals surface area contributed by atoms with Crippen LogP contribution in [0, 0.1) is 6.92 Å². The van der Waals surface area contributed by atoms with Crippen molar-refractivity contribution >= 4 is 29.2 Å². The number of anilines is 2. The molecule has 1 heterocycles. The Bertz CT molecular complexity index is 995. The molecule has 1 saturated carbocycles. The zero-order valence-corrected chi connectivity index (χ0v) is 17.7. The van der Waals surface area contributed by atoms with Crippen molar-refractivity contribution in [3.05, 3.63) is 54.1 Å². The lowest BCUT2D eigenvalue weighted by Gasteiger charge is -2.44. The Balaban J connectivity index is 1.47. The number of fused-ring (bicyclic) bond motifs is 1. The first kappa shape index (κ1) is 20.9. The van der Waals surface area contributed by atoms with E-state index in [4.69, 9.17) is 9.47 Å². The Kier molecular flexibility index (Phi) is 5.67. The van der Waals surface area contributed by atoms with Gasteiger partial charge in [-0.15, -0.1) is 0 Å². The lowest BCUT2D eigenvalue weighted by atomic mass is 9.90. The quantitative estimate of drug-likeness (QED) is 0.744. The van der Waals surface area contributed by atoms with Gasteiger partial charge in [-0.3, -0.25) is 14.5 Å². The van der Waals surface area contributed by atoms with Gasteiger partial charge in [0.25, 0.3) is 11.8 Å². The maximum Gasteiger partial charge on any atom is 0.347 e. The van der Waals surface area contributed by atoms with Gasteiger partial charge in [-0.2, -0.15) is 0 Å². The van der Waals surface area contributed by atoms with E-state index in [-0.39, 0.29) is 5.91 Å². The van der Waals surface area contributed by atoms with Gasteiger partial charge in [0.05, 0.1) is 11.4 Å². The smallest absolute Gasteiger partial charge is 0.347 e. The van der Waals surface area contributed by atoms with Crippen molar-refractivity contribution in [2.24, 2.45) is 0 Å². The van der Waals surface area contributed by atoms with Crippen LogP contribution >= 0.6 is 0 Å². The minimum Gasteiger partial charge on any atom is -0.479 e. The molecular formula is C24H26N2O5. The molecule has 162 valence electrons. The number of esters is 1. The number of rotatable bonds is 5. The van der Waals surface area contributed by atoms with Gasteiger partial charge in [-0.25, -0.2) is 4.79 Å². The van der Waals surface area contributed by atoms with Crippen LogP contribution in [0.3, 0.4) is 0 Å². The number of ether oxygens (including phenoxy) is 2. The van der Waals surface area contributed by atoms with E-state index in [0.717, 1.165) is 18.4 Å². The number of nitrogens with one attached hydrogen (secondary N) is 1. The predicted octanol–water partition coefficient (Wildman–Crippen LogP) is 3.60. The van der Waals surface area contributed by atoms with E-state index >= 15 is 0 Å². The zero-order chi connectivity index (χ0) is 22.0. The molecule has 0 bridgehead atoms. The molecule has 2 aliphatic rings. The van der Waals surface area contributed by atoms with Crippen molar-refractivity contribution in [3.8, 4) is 5.75 Å². The van der Waals surface area contributed by atoms with Crippen molar-refractivity contribution in [2.45, 2.75) is 51.2 Å². The number of amides is 2. The summed E-state index contributed by atoms with van der Waals surface area (Å²) in [6.07, 6.45) is 2.02. The molecule has 2 amide bonds. The van der Waals surface area contributed by atoms with E-state index in [2.05, 4.69) is 5.32 Å². The molecule has 7 heteroatoms. The van der Waals surface area contributed by atoms with Crippen LogP contribution in [-0.2, 0) is 19.1 Å². The van der Waals surface area contributed by atoms with E-state index in [1.165, 1.54) is 4.90 Å². The maximum absolute atomic E-state index is 13.2. The largest absolute Gasteiger partial charge is 0.479 e. The number of carbonyl (C=O) groups excluding carboxylic acids is 3. The number of hydrogen-bond donors (Lipinski definition) is 1. The highest BCUT2D eigenvalue weighted by atomic mass is 16.6. The normalized spacial score (nSPS) is 17.6. The Hall–Kier alpha value is -3.35. The van der Waals surface area contributed by atoms with Crippen LogP contribution in [0.2, 0.25) is 0 Å². The summed E-state index contributed by atoms with van der Waals surface area (Å²) in [6, 6.07) is 14.5. The highest BCUT2D eigenvalue weighted by Crippen LogP contribution is 2.45. The second-order valence-corrected chi connectivity index (χ2v) is 8.12. The summed E-state index contributed by atoms with van der Waals surface area (Å²) in [5, 5.41) is 2.93. The lowest BCUT2D eigenvalue weighted by molar-refractivity contribution is -0.154. The average molecular weight is 422 g/mol. The summed E-state index contributed by atoms with van der Waals surface area (Å²) in [6.45, 7) is 3.09. The van der Waals surface area contributed by atoms with Crippen molar-refractivity contribution in [3.63, 3.8) is 0 Å². The molecule has 7 nitrogen and oxygen atoms in total. The van der Waals surface area contributed by atoms with Crippen molar-refractivity contribution < 1.29 is 23.9 Å². The van der Waals surface area contributed by atoms with Crippen molar-refractivity contribution in [1.29, 1.82) is 0 Å². The maximum atomic E-state index is 13.2. The fraction of sp³-hybridized carbons (Fsp3) is 0.375. The molecule has 1 atom stereocenters. The van der Waals surface area contributed by atoms with E-state index in [0.29, 0.717) is 30.0 Å². The van der Waals surface area contributed by atoms with Crippen LogP contribution in [0.15, 0.2) is 48.5 Å². The summed E-state index contributed by atoms with van der Waals surface area (Å²) in [5.74, 6) is -0.684. The Morgan fingerprint density at radius 2 is 1.77 bits per heavy atom. The molecule has 1 fully saturated rings. The first-order chi connectivity index (χ1) is 14.9. The third kappa shape index (κ3) is 4.00. The molecule has 1 unspecified atom stereocenters. The third-order valence-electron chi connectivity index (χ3n) is 5.93. The standard InChI is InChI=1S/C24H26N2O5/c1-16-9-11-18(12-10-16)31-17(2)22(28)30-15-21(27)26-20-8-4-3-7-19(20)25-23(29)24(26)13-5-6-14-24/h3-4,7-12,17H,5-6,13-15H2,1-2H3,(H,25,29). The average Bonchev–Trinajstić information content (AvgIpc) is 3.24. The van der Waals surface area contributed by atoms with Gasteiger partial charge in [-0.05, 0) is 51.0 Å². The van der Waals surface area contributed by atoms with Gasteiger partial charge >= 0.3 is 5.97 Å². The topological polar surface area (TPSA) is 84.9 Å². The minimum absolute atomic E-state index is 0.181. The highest BCUT2D eigenvalue weighted by molar-refractivity contribution is 6.15. The number of benzene rings is 2. The molecule has 1 aliphatic carbocycles. The molecule has 0 saturated heterocycles. The van der Waals surface area contributed by atoms with Gasteiger partial charge in [0.1, 0.15) is 11.3 Å². The van der Waals surface area contributed by atoms with Crippen molar-refractivity contribution in [2.75, 3.05) is 16.8 Å². The van der Waals surface area contributed by atoms with Crippen LogP contribution in [0.25, 0.3) is 0 Å². The number of carbonyl (C=O) groups is 3. The van der Waals surface area contributed by atoms with E-state index < -0.39 is 30.1 Å². The van der Waals surface area contributed by atoms with Crippen LogP contribution in [0.4, 0.5) is 11.4 Å². The van der Waals surface area contributed by atoms with Crippen LogP contribution in [0.1, 0.15) is 38.2 Å². The molecule has 0 aromatic heterocycles. The number of nitrogens with zero attached hydrogens (tertiary/aromatic N) is 1. The molecular weight excluding hydrogens is 396 g/mol. The second kappa shape index (κ2) is 8.41. The minimum atomic E-state index is -0.929. The predicted molar refractivity (Wildman–Crippen MR) is 116 cm³/mol. The zero-order valence-electron chi connectivity index (χ0n) is 17.7. The van der Waals surface area contributed by atoms with Crippen molar-refractivity contribution in [1.82, 2.24) is 0 Å². The third-order valence-corrected chi connectivity index (χ3v) is 5.93. The highest BCUT2D eigenvalue weighted by Gasteiger charge is 2.52. The van der Waals surface area contributed by atoms with Gasteiger partial charge in [0.15, 0.2) is 12.7 Å². The first-order valence-electron chi connectivity index (χ1n) is 10.5. The Morgan fingerprint density at radius 3 is 2.48 bits per heavy atom. The van der Waals surface area contributed by atoms with Gasteiger partial charge in [0.2, 0.25) is 0 Å². The summed E-state index contributed by atoms with van der Waals surface area (Å²) < 4.78 is 10.9. The number of hydrogen-bond acceptors (Lipinski definition) is 5. The van der Waals surface area contributed by atoms with Gasteiger partial charge in [0, 0.05) is 0 Å². The summed E-state index contributed by atoms with van der Waals surface area (Å²) in [7, 11) is 0. The SMILES string of the molecule is Cc1ccc(OC(C)C(=O)OCC(=O)N2c3ccccc3NC(=O)C23CCCC3)cc1. The number of para-hydroxylation sites is 2. The molecule has 4 rings (SSSR count). The number of aryl methyl sites for hydroxylation is 1. The van der Waals surface area contributed by atoms with Gasteiger partial charge < -0.3 is 14.8 Å². The molecule has 1 N–H and O–H groups in total. The molecule has 2 aromatic rings. The lowest BCUT2D eigenvalue weighted by Crippen LogP contribution is -2.61. The van der Waals surface area contributed by atoms with Crippen LogP contribution in [-0.4, -0.2) is 36.0 Å². The Labute approximate surface area is 181 Å². The molecule has 31 heavy (non-hydrogen) atoms. The second-order valence-electron chi connectivity index (χ2n) is 8.12. The molecule has 2 aromatic carbocycles. The van der Waals surface area contributed by atoms with E-state index in [1.807, 2.05) is 25.1 Å². The molecule has 1 spiro atoms. The fourth-order valence-electron chi connectivity index (χ4n) is 4.31.